The number of ether oxygens (including phenoxy) is 1. The third kappa shape index (κ3) is 2.62. The van der Waals surface area contributed by atoms with E-state index in [4.69, 9.17) is 16.9 Å². The van der Waals surface area contributed by atoms with Crippen molar-refractivity contribution in [3.63, 3.8) is 0 Å². The molecule has 0 rings (SSSR count). The Morgan fingerprint density at radius 3 is 2.62 bits per heavy atom. The van der Waals surface area contributed by atoms with Gasteiger partial charge in [0.2, 0.25) is 0 Å². The maximum atomic E-state index is 5.20. The molecule has 0 radical (unpaired) electrons. The van der Waals surface area contributed by atoms with Crippen LogP contribution in [0.1, 0.15) is 6.92 Å². The fourth-order valence-electron chi connectivity index (χ4n) is 0.385. The summed E-state index contributed by atoms with van der Waals surface area (Å²) in [6, 6.07) is 0. The standard InChI is InChI=1S/C6H11NO/c1-3-6(5-7)8-4-2/h1,6H,4-5,7H2,2H3. The summed E-state index contributed by atoms with van der Waals surface area (Å²) in [5.74, 6) is 2.41. The quantitative estimate of drug-likeness (QED) is 0.522. The van der Waals surface area contributed by atoms with Gasteiger partial charge in [-0.1, -0.05) is 5.92 Å². The highest BCUT2D eigenvalue weighted by atomic mass is 16.5. The van der Waals surface area contributed by atoms with Crippen molar-refractivity contribution in [3.8, 4) is 12.3 Å². The second kappa shape index (κ2) is 4.63. The molecule has 0 amide bonds. The van der Waals surface area contributed by atoms with Crippen LogP contribution in [0.3, 0.4) is 0 Å². The SMILES string of the molecule is C#CC(CN)OCC. The second-order valence-electron chi connectivity index (χ2n) is 1.35. The molecule has 1 unspecified atom stereocenters. The third-order valence-electron chi connectivity index (χ3n) is 0.768. The van der Waals surface area contributed by atoms with Gasteiger partial charge in [-0.15, -0.1) is 6.42 Å². The Balaban J connectivity index is 3.26. The Kier molecular flexibility index (Phi) is 4.33. The Morgan fingerprint density at radius 2 is 2.50 bits per heavy atom. The smallest absolute Gasteiger partial charge is 0.130 e. The molecule has 2 heteroatoms. The summed E-state index contributed by atoms with van der Waals surface area (Å²) in [6.45, 7) is 2.93. The van der Waals surface area contributed by atoms with E-state index in [9.17, 15) is 0 Å². The molecular formula is C6H11NO. The molecule has 0 saturated heterocycles. The summed E-state index contributed by atoms with van der Waals surface area (Å²) in [7, 11) is 0. The van der Waals surface area contributed by atoms with Gasteiger partial charge < -0.3 is 10.5 Å². The minimum Gasteiger partial charge on any atom is -0.364 e. The van der Waals surface area contributed by atoms with Crippen LogP contribution in [0.4, 0.5) is 0 Å². The van der Waals surface area contributed by atoms with Crippen molar-refractivity contribution in [2.75, 3.05) is 13.2 Å². The highest BCUT2D eigenvalue weighted by molar-refractivity contribution is 4.94. The van der Waals surface area contributed by atoms with Crippen molar-refractivity contribution in [2.45, 2.75) is 13.0 Å². The fraction of sp³-hybridized carbons (Fsp3) is 0.667. The van der Waals surface area contributed by atoms with Crippen molar-refractivity contribution in [3.05, 3.63) is 0 Å². The van der Waals surface area contributed by atoms with E-state index in [0.29, 0.717) is 13.2 Å². The van der Waals surface area contributed by atoms with Crippen LogP contribution in [0.5, 0.6) is 0 Å². The normalized spacial score (nSPS) is 12.6. The number of terminal acetylenes is 1. The zero-order chi connectivity index (χ0) is 6.41. The average Bonchev–Trinajstić information content (AvgIpc) is 1.83. The molecule has 0 aliphatic heterocycles. The van der Waals surface area contributed by atoms with Gasteiger partial charge in [0, 0.05) is 13.2 Å². The number of nitrogens with two attached hydrogens (primary N) is 1. The van der Waals surface area contributed by atoms with Crippen LogP contribution in [0.2, 0.25) is 0 Å². The summed E-state index contributed by atoms with van der Waals surface area (Å²) in [5, 5.41) is 0. The van der Waals surface area contributed by atoms with Gasteiger partial charge in [0.1, 0.15) is 6.10 Å². The van der Waals surface area contributed by atoms with Gasteiger partial charge in [-0.05, 0) is 6.92 Å². The summed E-state index contributed by atoms with van der Waals surface area (Å²) < 4.78 is 4.98. The molecule has 46 valence electrons. The monoisotopic (exact) mass is 113 g/mol. The fourth-order valence-corrected chi connectivity index (χ4v) is 0.385. The second-order valence-corrected chi connectivity index (χ2v) is 1.35. The highest BCUT2D eigenvalue weighted by Gasteiger charge is 1.96. The minimum absolute atomic E-state index is 0.194. The van der Waals surface area contributed by atoms with Crippen LogP contribution >= 0.6 is 0 Å². The van der Waals surface area contributed by atoms with E-state index in [0.717, 1.165) is 0 Å². The predicted molar refractivity (Wildman–Crippen MR) is 33.3 cm³/mol. The van der Waals surface area contributed by atoms with Crippen LogP contribution in [-0.4, -0.2) is 19.3 Å². The lowest BCUT2D eigenvalue weighted by Crippen LogP contribution is -2.21. The lowest BCUT2D eigenvalue weighted by Gasteiger charge is -2.04. The molecule has 0 aliphatic rings. The Bertz CT molecular complexity index is 85.0. The first kappa shape index (κ1) is 7.48. The van der Waals surface area contributed by atoms with E-state index < -0.39 is 0 Å². The lowest BCUT2D eigenvalue weighted by atomic mass is 10.4. The molecule has 8 heavy (non-hydrogen) atoms. The Labute approximate surface area is 50.0 Å². The summed E-state index contributed by atoms with van der Waals surface area (Å²) in [5.41, 5.74) is 5.20. The number of hydrogen-bond donors (Lipinski definition) is 1. The maximum absolute atomic E-state index is 5.20. The molecule has 0 aromatic heterocycles. The van der Waals surface area contributed by atoms with Crippen LogP contribution in [0, 0.1) is 12.3 Å². The molecule has 0 bridgehead atoms. The zero-order valence-corrected chi connectivity index (χ0v) is 5.05. The first-order valence-electron chi connectivity index (χ1n) is 2.63. The zero-order valence-electron chi connectivity index (χ0n) is 5.05. The molecular weight excluding hydrogens is 102 g/mol. The molecule has 0 spiro atoms. The molecule has 0 aromatic carbocycles. The number of hydrogen-bond acceptors (Lipinski definition) is 2. The molecule has 0 saturated carbocycles. The number of rotatable bonds is 3. The maximum Gasteiger partial charge on any atom is 0.130 e. The third-order valence-corrected chi connectivity index (χ3v) is 0.768. The van der Waals surface area contributed by atoms with Gasteiger partial charge in [-0.2, -0.15) is 0 Å². The lowest BCUT2D eigenvalue weighted by molar-refractivity contribution is 0.109. The van der Waals surface area contributed by atoms with E-state index in [1.54, 1.807) is 0 Å². The summed E-state index contributed by atoms with van der Waals surface area (Å²) in [4.78, 5) is 0. The Morgan fingerprint density at radius 1 is 1.88 bits per heavy atom. The first-order valence-corrected chi connectivity index (χ1v) is 2.63. The van der Waals surface area contributed by atoms with Crippen molar-refractivity contribution in [1.82, 2.24) is 0 Å². The van der Waals surface area contributed by atoms with Crippen molar-refractivity contribution in [1.29, 1.82) is 0 Å². The van der Waals surface area contributed by atoms with Gasteiger partial charge in [0.15, 0.2) is 0 Å². The highest BCUT2D eigenvalue weighted by Crippen LogP contribution is 1.83. The molecule has 0 aromatic rings. The van der Waals surface area contributed by atoms with E-state index in [-0.39, 0.29) is 6.10 Å². The minimum atomic E-state index is -0.194. The van der Waals surface area contributed by atoms with Gasteiger partial charge in [0.25, 0.3) is 0 Å². The molecule has 0 aliphatic carbocycles. The first-order chi connectivity index (χ1) is 3.85. The van der Waals surface area contributed by atoms with Crippen molar-refractivity contribution < 1.29 is 4.74 Å². The van der Waals surface area contributed by atoms with Gasteiger partial charge in [-0.25, -0.2) is 0 Å². The Hall–Kier alpha value is -0.520. The van der Waals surface area contributed by atoms with E-state index in [1.165, 1.54) is 0 Å². The van der Waals surface area contributed by atoms with Gasteiger partial charge >= 0.3 is 0 Å². The molecule has 0 fully saturated rings. The van der Waals surface area contributed by atoms with Crippen LogP contribution < -0.4 is 5.73 Å². The molecule has 0 heterocycles. The molecule has 2 nitrogen and oxygen atoms in total. The average molecular weight is 113 g/mol. The van der Waals surface area contributed by atoms with Crippen LogP contribution in [0.15, 0.2) is 0 Å². The largest absolute Gasteiger partial charge is 0.364 e. The van der Waals surface area contributed by atoms with E-state index in [1.807, 2.05) is 6.92 Å². The summed E-state index contributed by atoms with van der Waals surface area (Å²) in [6.07, 6.45) is 4.82. The van der Waals surface area contributed by atoms with Crippen LogP contribution in [-0.2, 0) is 4.74 Å². The van der Waals surface area contributed by atoms with Crippen molar-refractivity contribution in [2.24, 2.45) is 5.73 Å². The summed E-state index contributed by atoms with van der Waals surface area (Å²) >= 11 is 0. The van der Waals surface area contributed by atoms with Crippen LogP contribution in [0.25, 0.3) is 0 Å². The van der Waals surface area contributed by atoms with Gasteiger partial charge in [-0.3, -0.25) is 0 Å². The molecule has 1 atom stereocenters. The molecule has 2 N–H and O–H groups in total. The van der Waals surface area contributed by atoms with E-state index in [2.05, 4.69) is 5.92 Å². The topological polar surface area (TPSA) is 35.2 Å². The van der Waals surface area contributed by atoms with Crippen molar-refractivity contribution >= 4 is 0 Å². The van der Waals surface area contributed by atoms with E-state index >= 15 is 0 Å². The predicted octanol–water partition coefficient (Wildman–Crippen LogP) is -0.0166. The van der Waals surface area contributed by atoms with Gasteiger partial charge in [0.05, 0.1) is 0 Å².